The van der Waals surface area contributed by atoms with Gasteiger partial charge in [0.05, 0.1) is 16.8 Å². The van der Waals surface area contributed by atoms with Gasteiger partial charge in [0, 0.05) is 62.8 Å². The maximum atomic E-state index is 15.8. The molecular formula is C34H39FN6O4. The van der Waals surface area contributed by atoms with Crippen molar-refractivity contribution in [3.8, 4) is 11.4 Å². The maximum absolute atomic E-state index is 15.8. The summed E-state index contributed by atoms with van der Waals surface area (Å²) in [5.41, 5.74) is 5.36. The van der Waals surface area contributed by atoms with Crippen molar-refractivity contribution in [2.75, 3.05) is 26.2 Å². The topological polar surface area (TPSA) is 112 Å². The first kappa shape index (κ1) is 29.3. The normalized spacial score (nSPS) is 19.4. The van der Waals surface area contributed by atoms with Gasteiger partial charge in [-0.15, -0.1) is 0 Å². The first-order valence-electron chi connectivity index (χ1n) is 16.0. The Bertz CT molecular complexity index is 1820. The average molecular weight is 615 g/mol. The summed E-state index contributed by atoms with van der Waals surface area (Å²) in [5, 5.41) is 17.6. The minimum atomic E-state index is -1.12. The second kappa shape index (κ2) is 11.5. The average Bonchev–Trinajstić information content (AvgIpc) is 3.68. The number of carboxylic acid groups (broad SMARTS) is 1. The number of nitrogens with zero attached hydrogens (tertiary/aromatic N) is 5. The number of aryl methyl sites for hydroxylation is 1. The molecule has 1 atom stereocenters. The van der Waals surface area contributed by atoms with Gasteiger partial charge in [0.2, 0.25) is 5.91 Å². The number of amides is 3. The number of carbonyl (C=O) groups is 3. The van der Waals surface area contributed by atoms with Crippen LogP contribution in [0.4, 0.5) is 9.18 Å². The van der Waals surface area contributed by atoms with Gasteiger partial charge in [-0.2, -0.15) is 5.10 Å². The van der Waals surface area contributed by atoms with Gasteiger partial charge in [0.25, 0.3) is 5.91 Å². The van der Waals surface area contributed by atoms with E-state index in [2.05, 4.69) is 34.1 Å². The Morgan fingerprint density at radius 1 is 1.02 bits per heavy atom. The van der Waals surface area contributed by atoms with E-state index >= 15 is 4.39 Å². The van der Waals surface area contributed by atoms with Gasteiger partial charge in [-0.05, 0) is 75.0 Å². The molecule has 0 spiro atoms. The minimum absolute atomic E-state index is 0.126. The van der Waals surface area contributed by atoms with E-state index in [1.54, 1.807) is 18.0 Å². The summed E-state index contributed by atoms with van der Waals surface area (Å²) < 4.78 is 19.6. The van der Waals surface area contributed by atoms with E-state index in [4.69, 9.17) is 10.2 Å². The molecule has 2 N–H and O–H groups in total. The lowest BCUT2D eigenvalue weighted by Crippen LogP contribution is -2.49. The molecule has 2 aliphatic heterocycles. The van der Waals surface area contributed by atoms with Crippen LogP contribution in [-0.2, 0) is 11.3 Å². The third kappa shape index (κ3) is 5.53. The van der Waals surface area contributed by atoms with Crippen LogP contribution < -0.4 is 5.32 Å². The summed E-state index contributed by atoms with van der Waals surface area (Å²) in [6.45, 7) is 6.62. The van der Waals surface area contributed by atoms with Crippen LogP contribution in [0.3, 0.4) is 0 Å². The molecule has 45 heavy (non-hydrogen) atoms. The lowest BCUT2D eigenvalue weighted by molar-refractivity contribution is -0.129. The molecule has 0 unspecified atom stereocenters. The molecule has 3 fully saturated rings. The molecule has 7 rings (SSSR count). The zero-order valence-corrected chi connectivity index (χ0v) is 25.8. The molecule has 11 heteroatoms. The highest BCUT2D eigenvalue weighted by Gasteiger charge is 2.31. The number of carbonyl (C=O) groups excluding carboxylic acids is 2. The van der Waals surface area contributed by atoms with Crippen LogP contribution in [0.2, 0.25) is 0 Å². The Labute approximate surface area is 260 Å². The summed E-state index contributed by atoms with van der Waals surface area (Å²) in [6.07, 6.45) is 5.99. The van der Waals surface area contributed by atoms with E-state index in [0.29, 0.717) is 48.0 Å². The first-order valence-corrected chi connectivity index (χ1v) is 16.0. The molecule has 1 aromatic carbocycles. The van der Waals surface area contributed by atoms with Crippen molar-refractivity contribution in [2.24, 2.45) is 5.92 Å². The van der Waals surface area contributed by atoms with E-state index in [1.165, 1.54) is 34.5 Å². The summed E-state index contributed by atoms with van der Waals surface area (Å²) in [7, 11) is 0. The Morgan fingerprint density at radius 3 is 2.51 bits per heavy atom. The predicted octanol–water partition coefficient (Wildman–Crippen LogP) is 5.41. The fourth-order valence-corrected chi connectivity index (χ4v) is 7.40. The van der Waals surface area contributed by atoms with E-state index in [9.17, 15) is 14.4 Å². The number of halogens is 1. The van der Waals surface area contributed by atoms with Crippen molar-refractivity contribution in [2.45, 2.75) is 70.9 Å². The number of nitrogens with one attached hydrogen (secondary N) is 1. The largest absolute Gasteiger partial charge is 0.465 e. The van der Waals surface area contributed by atoms with Crippen LogP contribution in [-0.4, -0.2) is 79.2 Å². The predicted molar refractivity (Wildman–Crippen MR) is 168 cm³/mol. The van der Waals surface area contributed by atoms with Gasteiger partial charge >= 0.3 is 6.09 Å². The standard InChI is InChI=1S/C34H39FN6O4/c1-20-30(37-41-18-25(15-28(35)31(20)41)33(43)39-12-4-6-26(19-39)36-34(44)45)29-16-24-5-3-7-27(32(24)40(29)17-22-8-9-22)23-10-13-38(14-11-23)21(2)42/h3,5,7,15-16,18,22-23,26,36H,4,6,8-14,17,19H2,1-2H3,(H,44,45)/t26-/m1/s1. The second-order valence-electron chi connectivity index (χ2n) is 13.0. The van der Waals surface area contributed by atoms with Crippen molar-refractivity contribution >= 4 is 34.3 Å². The Hall–Kier alpha value is -4.41. The van der Waals surface area contributed by atoms with Gasteiger partial charge in [-0.1, -0.05) is 18.2 Å². The fraction of sp³-hybridized carbons (Fsp3) is 0.471. The smallest absolute Gasteiger partial charge is 0.404 e. The SMILES string of the molecule is CC(=O)N1CCC(c2cccc3cc(-c4nn5cc(C(=O)N6CCC[C@@H](NC(=O)O)C6)cc(F)c5c4C)n(CC4CC4)c23)CC1. The van der Waals surface area contributed by atoms with E-state index in [0.717, 1.165) is 43.6 Å². The molecule has 1 saturated carbocycles. The highest BCUT2D eigenvalue weighted by Crippen LogP contribution is 2.41. The van der Waals surface area contributed by atoms with Crippen molar-refractivity contribution in [3.63, 3.8) is 0 Å². The Kier molecular flexibility index (Phi) is 7.49. The highest BCUT2D eigenvalue weighted by molar-refractivity contribution is 5.95. The van der Waals surface area contributed by atoms with Gasteiger partial charge in [-0.25, -0.2) is 13.7 Å². The van der Waals surface area contributed by atoms with Crippen LogP contribution >= 0.6 is 0 Å². The fourth-order valence-electron chi connectivity index (χ4n) is 7.40. The Morgan fingerprint density at radius 2 is 1.80 bits per heavy atom. The van der Waals surface area contributed by atoms with Gasteiger partial charge in [-0.3, -0.25) is 9.59 Å². The molecule has 3 amide bonds. The van der Waals surface area contributed by atoms with Gasteiger partial charge in [0.15, 0.2) is 0 Å². The second-order valence-corrected chi connectivity index (χ2v) is 13.0. The zero-order valence-electron chi connectivity index (χ0n) is 25.8. The Balaban J connectivity index is 1.26. The third-order valence-corrected chi connectivity index (χ3v) is 9.91. The first-order chi connectivity index (χ1) is 21.7. The van der Waals surface area contributed by atoms with Crippen molar-refractivity contribution < 1.29 is 23.9 Å². The molecule has 2 saturated heterocycles. The van der Waals surface area contributed by atoms with Crippen molar-refractivity contribution in [1.29, 1.82) is 0 Å². The maximum Gasteiger partial charge on any atom is 0.404 e. The molecule has 1 aliphatic carbocycles. The van der Waals surface area contributed by atoms with E-state index in [-0.39, 0.29) is 30.0 Å². The van der Waals surface area contributed by atoms with Crippen LogP contribution in [0.25, 0.3) is 27.8 Å². The number of aromatic nitrogens is 3. The molecule has 0 radical (unpaired) electrons. The monoisotopic (exact) mass is 614 g/mol. The van der Waals surface area contributed by atoms with Crippen molar-refractivity contribution in [1.82, 2.24) is 29.3 Å². The molecule has 5 heterocycles. The van der Waals surface area contributed by atoms with Crippen LogP contribution in [0.5, 0.6) is 0 Å². The van der Waals surface area contributed by atoms with Crippen LogP contribution in [0.15, 0.2) is 36.5 Å². The number of piperidine rings is 2. The number of hydrogen-bond acceptors (Lipinski definition) is 4. The summed E-state index contributed by atoms with van der Waals surface area (Å²) in [4.78, 5) is 40.1. The van der Waals surface area contributed by atoms with Crippen LogP contribution in [0, 0.1) is 18.7 Å². The summed E-state index contributed by atoms with van der Waals surface area (Å²) >= 11 is 0. The molecular weight excluding hydrogens is 575 g/mol. The van der Waals surface area contributed by atoms with E-state index in [1.807, 2.05) is 11.8 Å². The van der Waals surface area contributed by atoms with Crippen LogP contribution in [0.1, 0.15) is 72.9 Å². The number of likely N-dealkylation sites (tertiary alicyclic amines) is 2. The summed E-state index contributed by atoms with van der Waals surface area (Å²) in [6, 6.07) is 9.53. The number of hydrogen-bond donors (Lipinski definition) is 2. The summed E-state index contributed by atoms with van der Waals surface area (Å²) in [5.74, 6) is 0.205. The molecule has 10 nitrogen and oxygen atoms in total. The third-order valence-electron chi connectivity index (χ3n) is 9.91. The molecule has 3 aromatic heterocycles. The lowest BCUT2D eigenvalue weighted by Gasteiger charge is -2.32. The lowest BCUT2D eigenvalue weighted by atomic mass is 9.88. The zero-order chi connectivity index (χ0) is 31.4. The number of benzene rings is 1. The molecule has 4 aromatic rings. The number of fused-ring (bicyclic) bond motifs is 2. The quantitative estimate of drug-likeness (QED) is 0.302. The molecule has 236 valence electrons. The number of pyridine rings is 1. The van der Waals surface area contributed by atoms with E-state index < -0.39 is 11.9 Å². The van der Waals surface area contributed by atoms with Gasteiger partial charge in [0.1, 0.15) is 17.0 Å². The molecule has 0 bridgehead atoms. The minimum Gasteiger partial charge on any atom is -0.465 e. The highest BCUT2D eigenvalue weighted by atomic mass is 19.1. The van der Waals surface area contributed by atoms with Crippen molar-refractivity contribution in [3.05, 3.63) is 59.0 Å². The molecule has 3 aliphatic rings. The number of para-hydroxylation sites is 1. The van der Waals surface area contributed by atoms with Gasteiger partial charge < -0.3 is 24.8 Å². The number of rotatable bonds is 6.